The molecule has 0 radical (unpaired) electrons. The molecule has 0 amide bonds. The van der Waals surface area contributed by atoms with Crippen LogP contribution in [0.1, 0.15) is 16.1 Å². The van der Waals surface area contributed by atoms with Crippen LogP contribution in [0.25, 0.3) is 11.0 Å². The second-order valence-corrected chi connectivity index (χ2v) is 3.27. The van der Waals surface area contributed by atoms with Crippen LogP contribution in [0.15, 0.2) is 6.20 Å². The van der Waals surface area contributed by atoms with Crippen LogP contribution in [-0.4, -0.2) is 28.2 Å². The van der Waals surface area contributed by atoms with E-state index >= 15 is 0 Å². The molecule has 0 aliphatic heterocycles. The van der Waals surface area contributed by atoms with Crippen LogP contribution < -0.4 is 4.74 Å². The van der Waals surface area contributed by atoms with Crippen molar-refractivity contribution >= 4 is 17.3 Å². The van der Waals surface area contributed by atoms with Gasteiger partial charge in [-0.2, -0.15) is 5.10 Å². The Morgan fingerprint density at radius 1 is 1.53 bits per heavy atom. The van der Waals surface area contributed by atoms with Crippen LogP contribution >= 0.6 is 0 Å². The molecule has 0 fully saturated rings. The van der Waals surface area contributed by atoms with Crippen molar-refractivity contribution < 1.29 is 9.53 Å². The molecule has 0 aliphatic rings. The van der Waals surface area contributed by atoms with Crippen molar-refractivity contribution in [2.24, 2.45) is 7.05 Å². The maximum atomic E-state index is 10.8. The molecule has 5 nitrogen and oxygen atoms in total. The Labute approximate surface area is 86.7 Å². The van der Waals surface area contributed by atoms with Gasteiger partial charge in [-0.25, -0.2) is 4.98 Å². The number of hydrogen-bond acceptors (Lipinski definition) is 4. The van der Waals surface area contributed by atoms with Gasteiger partial charge in [-0.3, -0.25) is 9.48 Å². The quantitative estimate of drug-likeness (QED) is 0.689. The fraction of sp³-hybridized carbons (Fsp3) is 0.300. The summed E-state index contributed by atoms with van der Waals surface area (Å²) in [6.45, 7) is 1.86. The van der Waals surface area contributed by atoms with E-state index in [9.17, 15) is 4.79 Å². The second kappa shape index (κ2) is 3.34. The summed E-state index contributed by atoms with van der Waals surface area (Å²) in [7, 11) is 3.34. The lowest BCUT2D eigenvalue weighted by Gasteiger charge is -2.04. The van der Waals surface area contributed by atoms with E-state index in [1.807, 2.05) is 14.0 Å². The standard InChI is InChI=1S/C10H11N3O2/c1-6-8-9(15-3)7(5-14)4-11-10(8)13(2)12-6/h4-5H,1-3H3. The Bertz CT molecular complexity index is 531. The monoisotopic (exact) mass is 205 g/mol. The number of aryl methyl sites for hydroxylation is 2. The summed E-state index contributed by atoms with van der Waals surface area (Å²) in [5.74, 6) is 0.542. The number of nitrogens with zero attached hydrogens (tertiary/aromatic N) is 3. The Kier molecular flexibility index (Phi) is 2.15. The first-order valence-corrected chi connectivity index (χ1v) is 4.50. The maximum Gasteiger partial charge on any atom is 0.161 e. The minimum atomic E-state index is 0.445. The summed E-state index contributed by atoms with van der Waals surface area (Å²) < 4.78 is 6.89. The zero-order valence-electron chi connectivity index (χ0n) is 8.81. The van der Waals surface area contributed by atoms with Crippen molar-refractivity contribution in [2.75, 3.05) is 7.11 Å². The van der Waals surface area contributed by atoms with Crippen molar-refractivity contribution in [3.8, 4) is 5.75 Å². The van der Waals surface area contributed by atoms with E-state index in [1.54, 1.807) is 4.68 Å². The molecule has 0 saturated carbocycles. The van der Waals surface area contributed by atoms with Crippen LogP contribution in [0.3, 0.4) is 0 Å². The highest BCUT2D eigenvalue weighted by Crippen LogP contribution is 2.29. The number of aldehydes is 1. The average molecular weight is 205 g/mol. The van der Waals surface area contributed by atoms with Crippen LogP contribution in [0, 0.1) is 6.92 Å². The number of ether oxygens (including phenoxy) is 1. The Morgan fingerprint density at radius 3 is 2.87 bits per heavy atom. The molecule has 2 aromatic rings. The van der Waals surface area contributed by atoms with Gasteiger partial charge in [0, 0.05) is 13.2 Å². The number of fused-ring (bicyclic) bond motifs is 1. The molecule has 0 aromatic carbocycles. The molecule has 0 atom stereocenters. The first-order chi connectivity index (χ1) is 7.19. The van der Waals surface area contributed by atoms with E-state index in [0.717, 1.165) is 23.0 Å². The van der Waals surface area contributed by atoms with E-state index in [1.165, 1.54) is 13.3 Å². The largest absolute Gasteiger partial charge is 0.495 e. The molecular formula is C10H11N3O2. The average Bonchev–Trinajstić information content (AvgIpc) is 2.53. The highest BCUT2D eigenvalue weighted by atomic mass is 16.5. The van der Waals surface area contributed by atoms with E-state index in [-0.39, 0.29) is 0 Å². The summed E-state index contributed by atoms with van der Waals surface area (Å²) >= 11 is 0. The Morgan fingerprint density at radius 2 is 2.27 bits per heavy atom. The zero-order chi connectivity index (χ0) is 11.0. The van der Waals surface area contributed by atoms with Gasteiger partial charge in [-0.15, -0.1) is 0 Å². The van der Waals surface area contributed by atoms with Crippen molar-refractivity contribution in [2.45, 2.75) is 6.92 Å². The fourth-order valence-corrected chi connectivity index (χ4v) is 1.70. The van der Waals surface area contributed by atoms with Crippen molar-refractivity contribution in [1.82, 2.24) is 14.8 Å². The van der Waals surface area contributed by atoms with Crippen molar-refractivity contribution in [3.63, 3.8) is 0 Å². The predicted molar refractivity (Wildman–Crippen MR) is 55.2 cm³/mol. The smallest absolute Gasteiger partial charge is 0.161 e. The number of aromatic nitrogens is 3. The molecule has 78 valence electrons. The van der Waals surface area contributed by atoms with Gasteiger partial charge >= 0.3 is 0 Å². The summed E-state index contributed by atoms with van der Waals surface area (Å²) in [6.07, 6.45) is 2.23. The molecule has 2 heterocycles. The van der Waals surface area contributed by atoms with E-state index in [0.29, 0.717) is 11.3 Å². The maximum absolute atomic E-state index is 10.8. The summed E-state index contributed by atoms with van der Waals surface area (Å²) in [4.78, 5) is 15.0. The van der Waals surface area contributed by atoms with Gasteiger partial charge in [-0.05, 0) is 6.92 Å². The molecule has 0 saturated heterocycles. The lowest BCUT2D eigenvalue weighted by atomic mass is 10.2. The number of rotatable bonds is 2. The van der Waals surface area contributed by atoms with Gasteiger partial charge in [0.2, 0.25) is 0 Å². The molecule has 0 N–H and O–H groups in total. The third-order valence-corrected chi connectivity index (χ3v) is 2.34. The lowest BCUT2D eigenvalue weighted by molar-refractivity contribution is 0.112. The highest BCUT2D eigenvalue weighted by Gasteiger charge is 2.15. The Hall–Kier alpha value is -1.91. The Balaban J connectivity index is 2.92. The predicted octanol–water partition coefficient (Wildman–Crippen LogP) is 1.10. The number of hydrogen-bond donors (Lipinski definition) is 0. The van der Waals surface area contributed by atoms with Crippen molar-refractivity contribution in [1.29, 1.82) is 0 Å². The SMILES string of the molecule is COc1c(C=O)cnc2c1c(C)nn2C. The topological polar surface area (TPSA) is 57.0 Å². The van der Waals surface area contributed by atoms with Gasteiger partial charge in [0.25, 0.3) is 0 Å². The molecule has 0 aliphatic carbocycles. The molecule has 2 aromatic heterocycles. The molecule has 2 rings (SSSR count). The fourth-order valence-electron chi connectivity index (χ4n) is 1.70. The van der Waals surface area contributed by atoms with Gasteiger partial charge in [0.05, 0.1) is 23.8 Å². The third-order valence-electron chi connectivity index (χ3n) is 2.34. The van der Waals surface area contributed by atoms with Gasteiger partial charge in [0.15, 0.2) is 11.9 Å². The minimum Gasteiger partial charge on any atom is -0.495 e. The van der Waals surface area contributed by atoms with Gasteiger partial charge in [0.1, 0.15) is 5.75 Å². The normalized spacial score (nSPS) is 10.6. The van der Waals surface area contributed by atoms with E-state index in [4.69, 9.17) is 4.74 Å². The van der Waals surface area contributed by atoms with Gasteiger partial charge in [-0.1, -0.05) is 0 Å². The lowest BCUT2D eigenvalue weighted by Crippen LogP contribution is -1.95. The third kappa shape index (κ3) is 1.27. The number of methoxy groups -OCH3 is 1. The number of carbonyl (C=O) groups is 1. The molecule has 0 bridgehead atoms. The zero-order valence-corrected chi connectivity index (χ0v) is 8.81. The highest BCUT2D eigenvalue weighted by molar-refractivity contribution is 5.93. The first-order valence-electron chi connectivity index (χ1n) is 4.50. The van der Waals surface area contributed by atoms with Gasteiger partial charge < -0.3 is 4.74 Å². The van der Waals surface area contributed by atoms with Crippen molar-refractivity contribution in [3.05, 3.63) is 17.5 Å². The number of pyridine rings is 1. The summed E-state index contributed by atoms with van der Waals surface area (Å²) in [5.41, 5.74) is 1.97. The van der Waals surface area contributed by atoms with Crippen LogP contribution in [-0.2, 0) is 7.05 Å². The molecule has 5 heteroatoms. The molecular weight excluding hydrogens is 194 g/mol. The summed E-state index contributed by atoms with van der Waals surface area (Å²) in [6, 6.07) is 0. The first kappa shape index (κ1) is 9.64. The molecule has 15 heavy (non-hydrogen) atoms. The molecule has 0 spiro atoms. The van der Waals surface area contributed by atoms with Crippen LogP contribution in [0.5, 0.6) is 5.75 Å². The van der Waals surface area contributed by atoms with E-state index < -0.39 is 0 Å². The minimum absolute atomic E-state index is 0.445. The van der Waals surface area contributed by atoms with E-state index in [2.05, 4.69) is 10.1 Å². The van der Waals surface area contributed by atoms with Crippen LogP contribution in [0.4, 0.5) is 0 Å². The number of carbonyl (C=O) groups excluding carboxylic acids is 1. The van der Waals surface area contributed by atoms with Crippen LogP contribution in [0.2, 0.25) is 0 Å². The summed E-state index contributed by atoms with van der Waals surface area (Å²) in [5, 5.41) is 5.03. The second-order valence-electron chi connectivity index (χ2n) is 3.27. The molecule has 0 unspecified atom stereocenters.